The van der Waals surface area contributed by atoms with Crippen molar-refractivity contribution in [3.63, 3.8) is 0 Å². The van der Waals surface area contributed by atoms with Crippen molar-refractivity contribution in [2.24, 2.45) is 0 Å². The molecule has 0 radical (unpaired) electrons. The Kier molecular flexibility index (Phi) is 23.6. The lowest BCUT2D eigenvalue weighted by molar-refractivity contribution is -0.302. The van der Waals surface area contributed by atoms with Crippen LogP contribution in [0.2, 0.25) is 0 Å². The molecule has 3 rings (SSSR count). The fraction of sp³-hybridized carbons (Fsp3) is 0.884. The van der Waals surface area contributed by atoms with Crippen molar-refractivity contribution in [3.05, 3.63) is 22.8 Å². The van der Waals surface area contributed by atoms with Gasteiger partial charge in [0.15, 0.2) is 6.29 Å². The Bertz CT molecular complexity index is 1010. The lowest BCUT2D eigenvalue weighted by Crippen LogP contribution is -2.60. The minimum absolute atomic E-state index is 0.135. The number of hydrogen-bond donors (Lipinski definition) is 6. The number of carbonyl (C=O) groups is 1. The van der Waals surface area contributed by atoms with Crippen LogP contribution >= 0.6 is 0 Å². The maximum atomic E-state index is 13.0. The van der Waals surface area contributed by atoms with Crippen LogP contribution < -0.4 is 5.32 Å². The summed E-state index contributed by atoms with van der Waals surface area (Å²) in [6.07, 6.45) is 27.4. The summed E-state index contributed by atoms with van der Waals surface area (Å²) in [6.45, 7) is 1.57. The molecule has 1 saturated carbocycles. The largest absolute Gasteiger partial charge is 0.394 e. The molecule has 0 bridgehead atoms. The number of aliphatic hydroxyl groups excluding tert-OH is 5. The number of allylic oxidation sites excluding steroid dienone is 4. The van der Waals surface area contributed by atoms with Crippen LogP contribution in [-0.4, -0.2) is 87.5 Å². The van der Waals surface area contributed by atoms with E-state index in [2.05, 4.69) is 18.3 Å². The van der Waals surface area contributed by atoms with E-state index in [-0.39, 0.29) is 12.5 Å². The third-order valence-corrected chi connectivity index (χ3v) is 11.5. The Morgan fingerprint density at radius 2 is 1.31 bits per heavy atom. The van der Waals surface area contributed by atoms with Crippen LogP contribution in [0.25, 0.3) is 0 Å². The molecule has 7 atom stereocenters. The summed E-state index contributed by atoms with van der Waals surface area (Å²) in [7, 11) is 0. The lowest BCUT2D eigenvalue weighted by atomic mass is 9.99. The average Bonchev–Trinajstić information content (AvgIpc) is 3.70. The first-order chi connectivity index (χ1) is 25.3. The highest BCUT2D eigenvalue weighted by Gasteiger charge is 2.44. The quantitative estimate of drug-likeness (QED) is 0.0395. The van der Waals surface area contributed by atoms with Crippen LogP contribution in [0, 0.1) is 0 Å². The van der Waals surface area contributed by atoms with E-state index in [0.29, 0.717) is 12.8 Å². The van der Waals surface area contributed by atoms with Crippen molar-refractivity contribution in [2.75, 3.05) is 13.2 Å². The molecule has 9 nitrogen and oxygen atoms in total. The summed E-state index contributed by atoms with van der Waals surface area (Å²) < 4.78 is 11.2. The van der Waals surface area contributed by atoms with Crippen molar-refractivity contribution in [3.8, 4) is 0 Å². The predicted octanol–water partition coefficient (Wildman–Crippen LogP) is 7.84. The van der Waals surface area contributed by atoms with Crippen LogP contribution in [0.5, 0.6) is 0 Å². The number of amides is 1. The Labute approximate surface area is 316 Å². The molecule has 1 saturated heterocycles. The van der Waals surface area contributed by atoms with E-state index in [1.165, 1.54) is 128 Å². The number of rotatable bonds is 31. The summed E-state index contributed by atoms with van der Waals surface area (Å²) in [5.74, 6) is -0.145. The molecule has 0 aromatic heterocycles. The molecule has 0 spiro atoms. The molecule has 1 amide bonds. The maximum Gasteiger partial charge on any atom is 0.220 e. The second-order valence-corrected chi connectivity index (χ2v) is 16.0. The summed E-state index contributed by atoms with van der Waals surface area (Å²) in [4.78, 5) is 13.0. The molecular weight excluding hydrogens is 658 g/mol. The van der Waals surface area contributed by atoms with Gasteiger partial charge in [0, 0.05) is 6.42 Å². The van der Waals surface area contributed by atoms with E-state index >= 15 is 0 Å². The second-order valence-electron chi connectivity index (χ2n) is 16.0. The van der Waals surface area contributed by atoms with Crippen molar-refractivity contribution >= 4 is 5.91 Å². The van der Waals surface area contributed by atoms with E-state index in [1.54, 1.807) is 16.7 Å². The molecule has 0 aromatic rings. The van der Waals surface area contributed by atoms with Gasteiger partial charge in [0.1, 0.15) is 24.4 Å². The highest BCUT2D eigenvalue weighted by molar-refractivity contribution is 5.76. The Balaban J connectivity index is 1.28. The first kappa shape index (κ1) is 45.1. The van der Waals surface area contributed by atoms with E-state index < -0.39 is 49.5 Å². The molecule has 2 aliphatic carbocycles. The van der Waals surface area contributed by atoms with Crippen molar-refractivity contribution in [1.29, 1.82) is 0 Å². The molecule has 9 heteroatoms. The van der Waals surface area contributed by atoms with Gasteiger partial charge in [-0.2, -0.15) is 0 Å². The molecule has 52 heavy (non-hydrogen) atoms. The summed E-state index contributed by atoms with van der Waals surface area (Å²) >= 11 is 0. The molecule has 5 unspecified atom stereocenters. The fourth-order valence-corrected chi connectivity index (χ4v) is 7.91. The van der Waals surface area contributed by atoms with Crippen LogP contribution in [0.15, 0.2) is 22.8 Å². The SMILES string of the molecule is CCCCCCCCCCCCCCC[C@@H](O)[C@H](COC1OC(CO)C(O)C(O)C1O)NC(=O)CCCCCCCCCCC1=CC1=C1CCCC1. The number of unbranched alkanes of at least 4 members (excludes halogenated alkanes) is 19. The first-order valence-corrected chi connectivity index (χ1v) is 21.7. The number of aliphatic hydroxyl groups is 5. The number of ether oxygens (including phenoxy) is 2. The van der Waals surface area contributed by atoms with Crippen molar-refractivity contribution in [2.45, 2.75) is 230 Å². The lowest BCUT2D eigenvalue weighted by Gasteiger charge is -2.40. The molecule has 1 heterocycles. The third-order valence-electron chi connectivity index (χ3n) is 11.5. The fourth-order valence-electron chi connectivity index (χ4n) is 7.91. The summed E-state index contributed by atoms with van der Waals surface area (Å²) in [6, 6.07) is -0.714. The molecule has 1 aliphatic heterocycles. The topological polar surface area (TPSA) is 149 Å². The third kappa shape index (κ3) is 17.9. The number of nitrogens with one attached hydrogen (secondary N) is 1. The first-order valence-electron chi connectivity index (χ1n) is 21.7. The zero-order chi connectivity index (χ0) is 37.4. The standard InChI is InChI=1S/C43H77NO8/c1-2-3-4-5-6-7-8-9-10-11-15-18-21-28-37(46)36(32-51-43-42(50)41(49)40(48)38(31-45)52-43)44-39(47)29-22-19-16-13-12-14-17-20-27-34-30-35(34)33-25-23-24-26-33/h30,36-38,40-43,45-46,48-50H,2-29,31-32H2,1H3,(H,44,47)/t36-,37+,38?,40?,41?,42?,43?/m0/s1. The summed E-state index contributed by atoms with van der Waals surface area (Å²) in [5.41, 5.74) is 4.94. The van der Waals surface area contributed by atoms with Gasteiger partial charge in [-0.1, -0.05) is 141 Å². The van der Waals surface area contributed by atoms with E-state index in [4.69, 9.17) is 9.47 Å². The van der Waals surface area contributed by atoms with Gasteiger partial charge in [-0.15, -0.1) is 0 Å². The van der Waals surface area contributed by atoms with E-state index in [9.17, 15) is 30.3 Å². The van der Waals surface area contributed by atoms with Gasteiger partial charge in [-0.25, -0.2) is 0 Å². The smallest absolute Gasteiger partial charge is 0.220 e. The molecular formula is C43H77NO8. The maximum absolute atomic E-state index is 13.0. The molecule has 0 aromatic carbocycles. The predicted molar refractivity (Wildman–Crippen MR) is 208 cm³/mol. The van der Waals surface area contributed by atoms with Gasteiger partial charge in [-0.3, -0.25) is 4.79 Å². The van der Waals surface area contributed by atoms with Gasteiger partial charge in [0.25, 0.3) is 0 Å². The summed E-state index contributed by atoms with van der Waals surface area (Å²) in [5, 5.41) is 54.3. The van der Waals surface area contributed by atoms with Crippen LogP contribution in [0.4, 0.5) is 0 Å². The molecule has 2 fully saturated rings. The number of hydrogen-bond acceptors (Lipinski definition) is 8. The average molecular weight is 736 g/mol. The minimum Gasteiger partial charge on any atom is -0.394 e. The van der Waals surface area contributed by atoms with Crippen LogP contribution in [0.3, 0.4) is 0 Å². The highest BCUT2D eigenvalue weighted by Crippen LogP contribution is 2.41. The van der Waals surface area contributed by atoms with Gasteiger partial charge in [0.2, 0.25) is 5.91 Å². The van der Waals surface area contributed by atoms with Gasteiger partial charge in [-0.05, 0) is 62.5 Å². The number of carbonyl (C=O) groups excluding carboxylic acids is 1. The van der Waals surface area contributed by atoms with E-state index in [0.717, 1.165) is 38.5 Å². The van der Waals surface area contributed by atoms with Crippen molar-refractivity contribution < 1.29 is 39.8 Å². The van der Waals surface area contributed by atoms with Crippen molar-refractivity contribution in [1.82, 2.24) is 5.32 Å². The normalized spacial score (nSPS) is 24.3. The van der Waals surface area contributed by atoms with Crippen LogP contribution in [0.1, 0.15) is 187 Å². The zero-order valence-corrected chi connectivity index (χ0v) is 32.8. The molecule has 302 valence electrons. The molecule has 6 N–H and O–H groups in total. The van der Waals surface area contributed by atoms with E-state index in [1.807, 2.05) is 0 Å². The second kappa shape index (κ2) is 27.3. The van der Waals surface area contributed by atoms with Gasteiger partial charge < -0.3 is 40.3 Å². The Morgan fingerprint density at radius 3 is 1.88 bits per heavy atom. The Morgan fingerprint density at radius 1 is 0.769 bits per heavy atom. The van der Waals surface area contributed by atoms with Gasteiger partial charge in [0.05, 0.1) is 25.4 Å². The molecule has 3 aliphatic rings. The Hall–Kier alpha value is -1.33. The monoisotopic (exact) mass is 736 g/mol. The minimum atomic E-state index is -1.55. The van der Waals surface area contributed by atoms with Crippen LogP contribution in [-0.2, 0) is 14.3 Å². The van der Waals surface area contributed by atoms with Gasteiger partial charge >= 0.3 is 0 Å². The zero-order valence-electron chi connectivity index (χ0n) is 32.8. The highest BCUT2D eigenvalue weighted by atomic mass is 16.7.